The van der Waals surface area contributed by atoms with Gasteiger partial charge < -0.3 is 10.8 Å². The topological polar surface area (TPSA) is 82.9 Å². The van der Waals surface area contributed by atoms with Crippen LogP contribution in [-0.2, 0) is 6.61 Å². The lowest BCUT2D eigenvalue weighted by Crippen LogP contribution is -2.04. The molecule has 0 saturated heterocycles. The fourth-order valence-corrected chi connectivity index (χ4v) is 1.00. The van der Waals surface area contributed by atoms with E-state index in [0.29, 0.717) is 0 Å². The fourth-order valence-electron chi connectivity index (χ4n) is 1.00. The van der Waals surface area contributed by atoms with Crippen LogP contribution in [0.4, 0.5) is 14.5 Å². The van der Waals surface area contributed by atoms with Crippen molar-refractivity contribution in [2.45, 2.75) is 13.0 Å². The molecule has 0 saturated carbocycles. The molecule has 4 nitrogen and oxygen atoms in total. The summed E-state index contributed by atoms with van der Waals surface area (Å²) in [6.07, 6.45) is -2.88. The van der Waals surface area contributed by atoms with Crippen molar-refractivity contribution in [3.05, 3.63) is 23.0 Å². The third-order valence-electron chi connectivity index (χ3n) is 1.61. The summed E-state index contributed by atoms with van der Waals surface area (Å²) in [6.45, 7) is -0.490. The van der Waals surface area contributed by atoms with Crippen molar-refractivity contribution in [3.63, 3.8) is 0 Å². The quantitative estimate of drug-likeness (QED) is 0.743. The lowest BCUT2D eigenvalue weighted by Gasteiger charge is -2.06. The maximum Gasteiger partial charge on any atom is 0.281 e. The van der Waals surface area contributed by atoms with Crippen molar-refractivity contribution >= 4 is 5.69 Å². The van der Waals surface area contributed by atoms with E-state index in [1.54, 1.807) is 6.07 Å². The molecular formula is C8H7F2N3O. The SMILES string of the molecule is N#Cc1c(N)cc(CO)nc1C(F)F. The molecule has 0 aliphatic rings. The van der Waals surface area contributed by atoms with Crippen molar-refractivity contribution in [3.8, 4) is 6.07 Å². The van der Waals surface area contributed by atoms with Crippen LogP contribution in [0.5, 0.6) is 0 Å². The molecule has 6 heteroatoms. The molecule has 74 valence electrons. The number of rotatable bonds is 2. The van der Waals surface area contributed by atoms with Gasteiger partial charge in [0, 0.05) is 0 Å². The summed E-state index contributed by atoms with van der Waals surface area (Å²) >= 11 is 0. The minimum atomic E-state index is -2.88. The Kier molecular flexibility index (Phi) is 2.94. The van der Waals surface area contributed by atoms with Gasteiger partial charge in [-0.05, 0) is 6.07 Å². The molecule has 1 rings (SSSR count). The monoisotopic (exact) mass is 199 g/mol. The van der Waals surface area contributed by atoms with Gasteiger partial charge >= 0.3 is 0 Å². The van der Waals surface area contributed by atoms with Gasteiger partial charge in [0.2, 0.25) is 0 Å². The molecule has 0 aliphatic heterocycles. The van der Waals surface area contributed by atoms with Crippen LogP contribution in [0, 0.1) is 11.3 Å². The highest BCUT2D eigenvalue weighted by Gasteiger charge is 2.18. The van der Waals surface area contributed by atoms with E-state index in [9.17, 15) is 8.78 Å². The summed E-state index contributed by atoms with van der Waals surface area (Å²) in [4.78, 5) is 3.42. The molecule has 0 aromatic carbocycles. The molecule has 1 heterocycles. The summed E-state index contributed by atoms with van der Waals surface area (Å²) < 4.78 is 24.7. The van der Waals surface area contributed by atoms with Gasteiger partial charge in [-0.15, -0.1) is 0 Å². The van der Waals surface area contributed by atoms with Crippen LogP contribution < -0.4 is 5.73 Å². The van der Waals surface area contributed by atoms with Crippen LogP contribution in [-0.4, -0.2) is 10.1 Å². The van der Waals surface area contributed by atoms with Gasteiger partial charge in [-0.25, -0.2) is 13.8 Å². The lowest BCUT2D eigenvalue weighted by atomic mass is 10.1. The number of hydrogen-bond donors (Lipinski definition) is 2. The van der Waals surface area contributed by atoms with Gasteiger partial charge in [0.05, 0.1) is 18.0 Å². The number of nitriles is 1. The molecule has 0 radical (unpaired) electrons. The molecule has 3 N–H and O–H groups in total. The molecule has 0 bridgehead atoms. The molecular weight excluding hydrogens is 192 g/mol. The van der Waals surface area contributed by atoms with Crippen LogP contribution >= 0.6 is 0 Å². The molecule has 14 heavy (non-hydrogen) atoms. The first-order valence-corrected chi connectivity index (χ1v) is 3.68. The van der Waals surface area contributed by atoms with E-state index >= 15 is 0 Å². The Balaban J connectivity index is 3.37. The van der Waals surface area contributed by atoms with Crippen LogP contribution in [0.1, 0.15) is 23.4 Å². The zero-order valence-corrected chi connectivity index (χ0v) is 7.04. The van der Waals surface area contributed by atoms with E-state index in [0.717, 1.165) is 0 Å². The predicted octanol–water partition coefficient (Wildman–Crippen LogP) is 0.965. The first kappa shape index (κ1) is 10.3. The summed E-state index contributed by atoms with van der Waals surface area (Å²) in [5.41, 5.74) is 4.25. The molecule has 0 amide bonds. The smallest absolute Gasteiger partial charge is 0.281 e. The average molecular weight is 199 g/mol. The summed E-state index contributed by atoms with van der Waals surface area (Å²) in [7, 11) is 0. The number of hydrogen-bond acceptors (Lipinski definition) is 4. The highest BCUT2D eigenvalue weighted by Crippen LogP contribution is 2.25. The Morgan fingerprint density at radius 2 is 2.29 bits per heavy atom. The number of nitrogens with two attached hydrogens (primary N) is 1. The Morgan fingerprint density at radius 3 is 2.71 bits per heavy atom. The van der Waals surface area contributed by atoms with Crippen molar-refractivity contribution < 1.29 is 13.9 Å². The van der Waals surface area contributed by atoms with Crippen molar-refractivity contribution in [2.75, 3.05) is 5.73 Å². The number of pyridine rings is 1. The number of aromatic nitrogens is 1. The number of nitrogens with zero attached hydrogens (tertiary/aromatic N) is 2. The third-order valence-corrected chi connectivity index (χ3v) is 1.61. The molecule has 0 spiro atoms. The van der Waals surface area contributed by atoms with E-state index in [4.69, 9.17) is 16.1 Å². The first-order valence-electron chi connectivity index (χ1n) is 3.68. The number of aliphatic hydroxyl groups is 1. The van der Waals surface area contributed by atoms with Crippen LogP contribution in [0.3, 0.4) is 0 Å². The highest BCUT2D eigenvalue weighted by atomic mass is 19.3. The first-order chi connectivity index (χ1) is 6.60. The van der Waals surface area contributed by atoms with E-state index in [2.05, 4.69) is 4.98 Å². The molecule has 1 aromatic heterocycles. The van der Waals surface area contributed by atoms with Crippen molar-refractivity contribution in [1.82, 2.24) is 4.98 Å². The van der Waals surface area contributed by atoms with E-state index in [1.807, 2.05) is 0 Å². The lowest BCUT2D eigenvalue weighted by molar-refractivity contribution is 0.145. The molecule has 0 unspecified atom stereocenters. The van der Waals surface area contributed by atoms with E-state index in [1.165, 1.54) is 6.07 Å². The summed E-state index contributed by atoms with van der Waals surface area (Å²) in [5, 5.41) is 17.2. The Labute approximate surface area is 78.6 Å². The zero-order valence-electron chi connectivity index (χ0n) is 7.04. The second-order valence-electron chi connectivity index (χ2n) is 2.53. The molecule has 1 aromatic rings. The minimum absolute atomic E-state index is 0.0248. The van der Waals surface area contributed by atoms with Gasteiger partial charge in [-0.2, -0.15) is 5.26 Å². The normalized spacial score (nSPS) is 10.2. The van der Waals surface area contributed by atoms with E-state index in [-0.39, 0.29) is 16.9 Å². The molecule has 0 aliphatic carbocycles. The average Bonchev–Trinajstić information content (AvgIpc) is 2.16. The number of halogens is 2. The Bertz CT molecular complexity index is 387. The second-order valence-corrected chi connectivity index (χ2v) is 2.53. The van der Waals surface area contributed by atoms with Crippen LogP contribution in [0.15, 0.2) is 6.07 Å². The Hall–Kier alpha value is -1.74. The maximum atomic E-state index is 12.4. The fraction of sp³-hybridized carbons (Fsp3) is 0.250. The minimum Gasteiger partial charge on any atom is -0.398 e. The van der Waals surface area contributed by atoms with Gasteiger partial charge in [0.1, 0.15) is 17.3 Å². The highest BCUT2D eigenvalue weighted by molar-refractivity contribution is 5.57. The van der Waals surface area contributed by atoms with Gasteiger partial charge in [0.25, 0.3) is 6.43 Å². The third kappa shape index (κ3) is 1.78. The summed E-state index contributed by atoms with van der Waals surface area (Å²) in [5.74, 6) is 0. The second kappa shape index (κ2) is 3.98. The van der Waals surface area contributed by atoms with Crippen LogP contribution in [0.25, 0.3) is 0 Å². The summed E-state index contributed by atoms with van der Waals surface area (Å²) in [6, 6.07) is 2.75. The van der Waals surface area contributed by atoms with Crippen molar-refractivity contribution in [1.29, 1.82) is 5.26 Å². The number of alkyl halides is 2. The van der Waals surface area contributed by atoms with Gasteiger partial charge in [-0.1, -0.05) is 0 Å². The van der Waals surface area contributed by atoms with Gasteiger partial charge in [0.15, 0.2) is 0 Å². The standard InChI is InChI=1S/C8H7F2N3O/c9-8(10)7-5(2-11)6(12)1-4(3-14)13-7/h1,8,14H,3H2,(H2,12,13). The zero-order chi connectivity index (χ0) is 10.7. The van der Waals surface area contributed by atoms with E-state index < -0.39 is 18.7 Å². The molecule has 0 atom stereocenters. The number of aliphatic hydroxyl groups excluding tert-OH is 1. The largest absolute Gasteiger partial charge is 0.398 e. The number of anilines is 1. The predicted molar refractivity (Wildman–Crippen MR) is 44.2 cm³/mol. The Morgan fingerprint density at radius 1 is 1.64 bits per heavy atom. The van der Waals surface area contributed by atoms with Gasteiger partial charge in [-0.3, -0.25) is 0 Å². The maximum absolute atomic E-state index is 12.4. The van der Waals surface area contributed by atoms with Crippen molar-refractivity contribution in [2.24, 2.45) is 0 Å². The number of nitrogen functional groups attached to an aromatic ring is 1. The van der Waals surface area contributed by atoms with Crippen LogP contribution in [0.2, 0.25) is 0 Å². The molecule has 0 fully saturated rings.